The lowest BCUT2D eigenvalue weighted by atomic mass is 10.3. The van der Waals surface area contributed by atoms with Gasteiger partial charge in [0, 0.05) is 13.6 Å². The summed E-state index contributed by atoms with van der Waals surface area (Å²) in [6, 6.07) is 1.62. The molecule has 1 rings (SSSR count). The second kappa shape index (κ2) is 3.36. The monoisotopic (exact) mass is 169 g/mol. The van der Waals surface area contributed by atoms with Gasteiger partial charge in [0.05, 0.1) is 12.8 Å². The molecule has 5 heteroatoms. The van der Waals surface area contributed by atoms with E-state index in [9.17, 15) is 4.79 Å². The summed E-state index contributed by atoms with van der Waals surface area (Å²) in [4.78, 5) is 11.0. The minimum absolute atomic E-state index is 0.324. The lowest BCUT2D eigenvalue weighted by Crippen LogP contribution is -2.07. The minimum Gasteiger partial charge on any atom is -0.464 e. The van der Waals surface area contributed by atoms with Crippen LogP contribution in [0, 0.1) is 0 Å². The minimum atomic E-state index is -0.398. The summed E-state index contributed by atoms with van der Waals surface area (Å²) in [6.45, 7) is 0.324. The standard InChI is InChI=1S/C7H11N3O2/c1-10-6(7(11)12-2)3-5(4-8)9-10/h3H,4,8H2,1-2H3. The Hall–Kier alpha value is -1.36. The molecule has 0 aliphatic heterocycles. The van der Waals surface area contributed by atoms with Crippen molar-refractivity contribution in [2.24, 2.45) is 12.8 Å². The fourth-order valence-electron chi connectivity index (χ4n) is 0.922. The maximum absolute atomic E-state index is 11.0. The van der Waals surface area contributed by atoms with E-state index in [2.05, 4.69) is 9.84 Å². The molecule has 0 bridgehead atoms. The van der Waals surface area contributed by atoms with Crippen molar-refractivity contribution >= 4 is 5.97 Å². The van der Waals surface area contributed by atoms with Crippen molar-refractivity contribution in [2.45, 2.75) is 6.54 Å². The molecule has 2 N–H and O–H groups in total. The third-order valence-electron chi connectivity index (χ3n) is 1.53. The first-order chi connectivity index (χ1) is 5.69. The van der Waals surface area contributed by atoms with Crippen molar-refractivity contribution in [1.29, 1.82) is 0 Å². The number of nitrogens with two attached hydrogens (primary N) is 1. The summed E-state index contributed by atoms with van der Waals surface area (Å²) in [5.41, 5.74) is 6.44. The zero-order chi connectivity index (χ0) is 9.14. The van der Waals surface area contributed by atoms with Gasteiger partial charge in [-0.25, -0.2) is 4.79 Å². The molecule has 0 unspecified atom stereocenters. The zero-order valence-electron chi connectivity index (χ0n) is 7.07. The fourth-order valence-corrected chi connectivity index (χ4v) is 0.922. The van der Waals surface area contributed by atoms with E-state index in [0.717, 1.165) is 0 Å². The van der Waals surface area contributed by atoms with Gasteiger partial charge in [0.2, 0.25) is 0 Å². The molecular formula is C7H11N3O2. The average molecular weight is 169 g/mol. The topological polar surface area (TPSA) is 70.1 Å². The molecule has 0 aliphatic rings. The van der Waals surface area contributed by atoms with Crippen LogP contribution in [0.25, 0.3) is 0 Å². The molecule has 1 aromatic heterocycles. The SMILES string of the molecule is COC(=O)c1cc(CN)nn1C. The predicted molar refractivity (Wildman–Crippen MR) is 42.4 cm³/mol. The smallest absolute Gasteiger partial charge is 0.356 e. The van der Waals surface area contributed by atoms with Crippen molar-refractivity contribution in [3.05, 3.63) is 17.5 Å². The molecule has 0 saturated heterocycles. The lowest BCUT2D eigenvalue weighted by molar-refractivity contribution is 0.0588. The lowest BCUT2D eigenvalue weighted by Gasteiger charge is -1.96. The number of carbonyl (C=O) groups excluding carboxylic acids is 1. The fraction of sp³-hybridized carbons (Fsp3) is 0.429. The van der Waals surface area contributed by atoms with Crippen molar-refractivity contribution in [1.82, 2.24) is 9.78 Å². The Balaban J connectivity index is 2.99. The van der Waals surface area contributed by atoms with E-state index >= 15 is 0 Å². The van der Waals surface area contributed by atoms with Crippen LogP contribution in [-0.2, 0) is 18.3 Å². The number of aromatic nitrogens is 2. The molecule has 0 fully saturated rings. The Morgan fingerprint density at radius 3 is 2.92 bits per heavy atom. The first kappa shape index (κ1) is 8.73. The van der Waals surface area contributed by atoms with Gasteiger partial charge in [-0.3, -0.25) is 4.68 Å². The Labute approximate surface area is 70.1 Å². The Bertz CT molecular complexity index is 293. The number of rotatable bonds is 2. The highest BCUT2D eigenvalue weighted by atomic mass is 16.5. The molecule has 66 valence electrons. The highest BCUT2D eigenvalue weighted by Crippen LogP contribution is 2.03. The maximum atomic E-state index is 11.0. The third-order valence-corrected chi connectivity index (χ3v) is 1.53. The largest absolute Gasteiger partial charge is 0.464 e. The molecule has 0 saturated carbocycles. The summed E-state index contributed by atoms with van der Waals surface area (Å²) in [6.07, 6.45) is 0. The zero-order valence-corrected chi connectivity index (χ0v) is 7.07. The van der Waals surface area contributed by atoms with E-state index in [-0.39, 0.29) is 0 Å². The van der Waals surface area contributed by atoms with Crippen molar-refractivity contribution in [3.63, 3.8) is 0 Å². The van der Waals surface area contributed by atoms with Gasteiger partial charge in [-0.05, 0) is 6.07 Å². The average Bonchev–Trinajstić information content (AvgIpc) is 2.45. The number of esters is 1. The van der Waals surface area contributed by atoms with Crippen LogP contribution in [0.3, 0.4) is 0 Å². The summed E-state index contributed by atoms with van der Waals surface area (Å²) in [5.74, 6) is -0.398. The van der Waals surface area contributed by atoms with Crippen molar-refractivity contribution in [3.8, 4) is 0 Å². The van der Waals surface area contributed by atoms with E-state index in [1.165, 1.54) is 11.8 Å². The molecule has 0 spiro atoms. The molecule has 1 aromatic rings. The van der Waals surface area contributed by atoms with E-state index in [1.54, 1.807) is 13.1 Å². The van der Waals surface area contributed by atoms with Gasteiger partial charge < -0.3 is 10.5 Å². The Morgan fingerprint density at radius 1 is 1.83 bits per heavy atom. The quantitative estimate of drug-likeness (QED) is 0.615. The van der Waals surface area contributed by atoms with Crippen LogP contribution >= 0.6 is 0 Å². The van der Waals surface area contributed by atoms with Crippen molar-refractivity contribution in [2.75, 3.05) is 7.11 Å². The Kier molecular flexibility index (Phi) is 2.44. The van der Waals surface area contributed by atoms with Gasteiger partial charge in [-0.15, -0.1) is 0 Å². The number of aryl methyl sites for hydroxylation is 1. The molecule has 12 heavy (non-hydrogen) atoms. The third kappa shape index (κ3) is 1.45. The van der Waals surface area contributed by atoms with Crippen LogP contribution in [-0.4, -0.2) is 22.9 Å². The van der Waals surface area contributed by atoms with E-state index in [0.29, 0.717) is 17.9 Å². The van der Waals surface area contributed by atoms with Gasteiger partial charge >= 0.3 is 5.97 Å². The second-order valence-electron chi connectivity index (χ2n) is 2.34. The Morgan fingerprint density at radius 2 is 2.50 bits per heavy atom. The number of ether oxygens (including phenoxy) is 1. The first-order valence-corrected chi connectivity index (χ1v) is 3.50. The molecule has 0 amide bonds. The van der Waals surface area contributed by atoms with Crippen LogP contribution in [0.1, 0.15) is 16.2 Å². The predicted octanol–water partition coefficient (Wildman–Crippen LogP) is -0.335. The van der Waals surface area contributed by atoms with Crippen LogP contribution in [0.5, 0.6) is 0 Å². The molecule has 0 aliphatic carbocycles. The summed E-state index contributed by atoms with van der Waals surface area (Å²) in [5, 5.41) is 3.99. The molecule has 0 aromatic carbocycles. The molecular weight excluding hydrogens is 158 g/mol. The molecule has 0 radical (unpaired) electrons. The van der Waals surface area contributed by atoms with Gasteiger partial charge in [0.25, 0.3) is 0 Å². The van der Waals surface area contributed by atoms with Gasteiger partial charge in [-0.1, -0.05) is 0 Å². The number of carbonyl (C=O) groups is 1. The summed E-state index contributed by atoms with van der Waals surface area (Å²) < 4.78 is 5.99. The summed E-state index contributed by atoms with van der Waals surface area (Å²) in [7, 11) is 3.00. The number of hydrogen-bond acceptors (Lipinski definition) is 4. The first-order valence-electron chi connectivity index (χ1n) is 3.50. The van der Waals surface area contributed by atoms with E-state index in [4.69, 9.17) is 5.73 Å². The number of methoxy groups -OCH3 is 1. The molecule has 5 nitrogen and oxygen atoms in total. The normalized spacial score (nSPS) is 9.92. The van der Waals surface area contributed by atoms with Crippen LogP contribution in [0.4, 0.5) is 0 Å². The highest BCUT2D eigenvalue weighted by molar-refractivity contribution is 5.87. The number of hydrogen-bond donors (Lipinski definition) is 1. The second-order valence-corrected chi connectivity index (χ2v) is 2.34. The molecule has 1 heterocycles. The van der Waals surface area contributed by atoms with Gasteiger partial charge in [0.1, 0.15) is 5.69 Å². The van der Waals surface area contributed by atoms with E-state index < -0.39 is 5.97 Å². The number of nitrogens with zero attached hydrogens (tertiary/aromatic N) is 2. The van der Waals surface area contributed by atoms with Gasteiger partial charge in [-0.2, -0.15) is 5.10 Å². The van der Waals surface area contributed by atoms with E-state index in [1.807, 2.05) is 0 Å². The van der Waals surface area contributed by atoms with Crippen LogP contribution in [0.2, 0.25) is 0 Å². The maximum Gasteiger partial charge on any atom is 0.356 e. The van der Waals surface area contributed by atoms with Crippen molar-refractivity contribution < 1.29 is 9.53 Å². The summed E-state index contributed by atoms with van der Waals surface area (Å²) >= 11 is 0. The van der Waals surface area contributed by atoms with Crippen LogP contribution < -0.4 is 5.73 Å². The highest BCUT2D eigenvalue weighted by Gasteiger charge is 2.11. The molecule has 0 atom stereocenters. The van der Waals surface area contributed by atoms with Gasteiger partial charge in [0.15, 0.2) is 0 Å². The van der Waals surface area contributed by atoms with Crippen LogP contribution in [0.15, 0.2) is 6.07 Å².